The van der Waals surface area contributed by atoms with E-state index >= 15 is 0 Å². The minimum atomic E-state index is -0.125. The molecule has 0 amide bonds. The Balaban J connectivity index is 2.23. The topological polar surface area (TPSA) is 36.3 Å². The van der Waals surface area contributed by atoms with Gasteiger partial charge in [-0.25, -0.2) is 4.98 Å². The molecule has 2 heterocycles. The molecule has 21 heavy (non-hydrogen) atoms. The molecule has 2 aromatic rings. The number of halogens is 1. The molecule has 1 aliphatic heterocycles. The van der Waals surface area contributed by atoms with Crippen molar-refractivity contribution in [3.63, 3.8) is 0 Å². The lowest BCUT2D eigenvalue weighted by Crippen LogP contribution is -2.12. The number of methoxy groups -OCH3 is 2. The van der Waals surface area contributed by atoms with Gasteiger partial charge in [0, 0.05) is 23.9 Å². The van der Waals surface area contributed by atoms with E-state index < -0.39 is 0 Å². The van der Waals surface area contributed by atoms with Crippen LogP contribution in [0.4, 0.5) is 0 Å². The van der Waals surface area contributed by atoms with E-state index in [0.29, 0.717) is 11.8 Å². The van der Waals surface area contributed by atoms with Gasteiger partial charge in [-0.3, -0.25) is 0 Å². The van der Waals surface area contributed by atoms with E-state index in [4.69, 9.17) is 26.1 Å². The number of thioether (sulfide) groups is 1. The van der Waals surface area contributed by atoms with Gasteiger partial charge in [0.05, 0.1) is 30.6 Å². The highest BCUT2D eigenvalue weighted by atomic mass is 35.5. The minimum absolute atomic E-state index is 0.125. The normalized spacial score (nSPS) is 19.9. The van der Waals surface area contributed by atoms with Gasteiger partial charge < -0.3 is 14.0 Å². The quantitative estimate of drug-likeness (QED) is 0.795. The monoisotopic (exact) mass is 326 g/mol. The van der Waals surface area contributed by atoms with E-state index in [1.807, 2.05) is 30.8 Å². The first-order valence-corrected chi connectivity index (χ1v) is 8.60. The third kappa shape index (κ3) is 2.57. The van der Waals surface area contributed by atoms with Crippen LogP contribution < -0.4 is 9.47 Å². The zero-order valence-electron chi connectivity index (χ0n) is 12.4. The number of imidazole rings is 1. The summed E-state index contributed by atoms with van der Waals surface area (Å²) >= 11 is 8.33. The molecule has 2 atom stereocenters. The molecule has 2 unspecified atom stereocenters. The van der Waals surface area contributed by atoms with Gasteiger partial charge in [0.1, 0.15) is 5.82 Å². The summed E-state index contributed by atoms with van der Waals surface area (Å²) in [5.41, 5.74) is 1.98. The van der Waals surface area contributed by atoms with Crippen LogP contribution in [0.2, 0.25) is 0 Å². The second-order valence-corrected chi connectivity index (χ2v) is 6.97. The van der Waals surface area contributed by atoms with Crippen LogP contribution in [0.3, 0.4) is 0 Å². The molecule has 3 rings (SSSR count). The average Bonchev–Trinajstić information content (AvgIpc) is 3.11. The first kappa shape index (κ1) is 14.9. The summed E-state index contributed by atoms with van der Waals surface area (Å²) in [7, 11) is 3.29. The Bertz CT molecular complexity index is 651. The summed E-state index contributed by atoms with van der Waals surface area (Å²) in [6.07, 6.45) is 1.15. The largest absolute Gasteiger partial charge is 0.493 e. The minimum Gasteiger partial charge on any atom is -0.493 e. The van der Waals surface area contributed by atoms with Crippen molar-refractivity contribution in [2.75, 3.05) is 25.7 Å². The van der Waals surface area contributed by atoms with Crippen LogP contribution in [0.5, 0.6) is 11.5 Å². The van der Waals surface area contributed by atoms with Crippen LogP contribution >= 0.6 is 23.4 Å². The van der Waals surface area contributed by atoms with Gasteiger partial charge in [0.25, 0.3) is 0 Å². The molecular formula is C15H19ClN2O2S. The highest BCUT2D eigenvalue weighted by Crippen LogP contribution is 2.39. The first-order chi connectivity index (χ1) is 10.2. The van der Waals surface area contributed by atoms with E-state index in [2.05, 4.69) is 4.57 Å². The molecule has 0 radical (unpaired) electrons. The number of hydrogen-bond acceptors (Lipinski definition) is 4. The Kier molecular flexibility index (Phi) is 4.22. The number of hydrogen-bond donors (Lipinski definition) is 0. The molecule has 1 aromatic carbocycles. The van der Waals surface area contributed by atoms with Crippen molar-refractivity contribution in [2.45, 2.75) is 24.8 Å². The second kappa shape index (κ2) is 5.97. The summed E-state index contributed by atoms with van der Waals surface area (Å²) in [6, 6.07) is 4.39. The number of alkyl halides is 1. The molecule has 4 nitrogen and oxygen atoms in total. The SMILES string of the molecule is COc1cc2nc(C(C)Cl)n(C3CCSC3)c2cc1OC. The maximum atomic E-state index is 6.35. The molecule has 0 bridgehead atoms. The molecule has 1 aliphatic rings. The molecule has 1 saturated heterocycles. The fraction of sp³-hybridized carbons (Fsp3) is 0.533. The number of nitrogens with zero attached hydrogens (tertiary/aromatic N) is 2. The van der Waals surface area contributed by atoms with Gasteiger partial charge in [0.2, 0.25) is 0 Å². The molecule has 1 fully saturated rings. The van der Waals surface area contributed by atoms with Crippen molar-refractivity contribution in [3.8, 4) is 11.5 Å². The lowest BCUT2D eigenvalue weighted by molar-refractivity contribution is 0.355. The van der Waals surface area contributed by atoms with Crippen molar-refractivity contribution in [1.29, 1.82) is 0 Å². The van der Waals surface area contributed by atoms with Crippen molar-refractivity contribution in [2.24, 2.45) is 0 Å². The summed E-state index contributed by atoms with van der Waals surface area (Å²) in [6.45, 7) is 1.97. The van der Waals surface area contributed by atoms with Crippen LogP contribution in [0.25, 0.3) is 11.0 Å². The predicted molar refractivity (Wildman–Crippen MR) is 88.1 cm³/mol. The van der Waals surface area contributed by atoms with E-state index in [-0.39, 0.29) is 5.38 Å². The maximum absolute atomic E-state index is 6.35. The average molecular weight is 327 g/mol. The zero-order chi connectivity index (χ0) is 15.0. The van der Waals surface area contributed by atoms with Crippen LogP contribution in [-0.2, 0) is 0 Å². The zero-order valence-corrected chi connectivity index (χ0v) is 14.0. The molecule has 0 N–H and O–H groups in total. The predicted octanol–water partition coefficient (Wildman–Crippen LogP) is 4.03. The molecule has 6 heteroatoms. The Morgan fingerprint density at radius 3 is 2.62 bits per heavy atom. The van der Waals surface area contributed by atoms with Crippen LogP contribution in [-0.4, -0.2) is 35.3 Å². The van der Waals surface area contributed by atoms with Gasteiger partial charge in [0.15, 0.2) is 11.5 Å². The second-order valence-electron chi connectivity index (χ2n) is 5.17. The highest BCUT2D eigenvalue weighted by Gasteiger charge is 2.25. The number of fused-ring (bicyclic) bond motifs is 1. The standard InChI is InChI=1S/C15H19ClN2O2S/c1-9(16)15-17-11-6-13(19-2)14(20-3)7-12(11)18(15)10-4-5-21-8-10/h6-7,9-10H,4-5,8H2,1-3H3. The third-order valence-electron chi connectivity index (χ3n) is 3.85. The lowest BCUT2D eigenvalue weighted by atomic mass is 10.2. The van der Waals surface area contributed by atoms with E-state index in [1.54, 1.807) is 14.2 Å². The van der Waals surface area contributed by atoms with Gasteiger partial charge in [-0.2, -0.15) is 11.8 Å². The number of rotatable bonds is 4. The van der Waals surface area contributed by atoms with Gasteiger partial charge in [-0.05, 0) is 19.1 Å². The maximum Gasteiger partial charge on any atom is 0.163 e. The molecule has 0 aliphatic carbocycles. The lowest BCUT2D eigenvalue weighted by Gasteiger charge is -2.17. The van der Waals surface area contributed by atoms with Crippen molar-refractivity contribution >= 4 is 34.4 Å². The summed E-state index contributed by atoms with van der Waals surface area (Å²) in [5, 5.41) is -0.125. The number of aromatic nitrogens is 2. The fourth-order valence-corrected chi connectivity index (χ4v) is 4.18. The van der Waals surface area contributed by atoms with E-state index in [1.165, 1.54) is 5.75 Å². The van der Waals surface area contributed by atoms with Crippen molar-refractivity contribution < 1.29 is 9.47 Å². The smallest absolute Gasteiger partial charge is 0.163 e. The molecule has 0 spiro atoms. The Morgan fingerprint density at radius 1 is 1.33 bits per heavy atom. The fourth-order valence-electron chi connectivity index (χ4n) is 2.83. The third-order valence-corrected chi connectivity index (χ3v) is 5.19. The Hall–Kier alpha value is -1.07. The molecule has 0 saturated carbocycles. The molecule has 114 valence electrons. The van der Waals surface area contributed by atoms with Gasteiger partial charge in [-0.15, -0.1) is 11.6 Å². The Labute approximate surface area is 133 Å². The van der Waals surface area contributed by atoms with Gasteiger partial charge in [-0.1, -0.05) is 0 Å². The summed E-state index contributed by atoms with van der Waals surface area (Å²) in [4.78, 5) is 4.73. The number of ether oxygens (including phenoxy) is 2. The first-order valence-electron chi connectivity index (χ1n) is 7.01. The van der Waals surface area contributed by atoms with E-state index in [0.717, 1.165) is 34.8 Å². The summed E-state index contributed by atoms with van der Waals surface area (Å²) < 4.78 is 13.1. The van der Waals surface area contributed by atoms with Crippen molar-refractivity contribution in [1.82, 2.24) is 9.55 Å². The molecular weight excluding hydrogens is 308 g/mol. The van der Waals surface area contributed by atoms with Gasteiger partial charge >= 0.3 is 0 Å². The number of benzene rings is 1. The van der Waals surface area contributed by atoms with E-state index in [9.17, 15) is 0 Å². The molecule has 1 aromatic heterocycles. The Morgan fingerprint density at radius 2 is 2.05 bits per heavy atom. The van der Waals surface area contributed by atoms with Crippen LogP contribution in [0, 0.1) is 0 Å². The van der Waals surface area contributed by atoms with Crippen LogP contribution in [0.15, 0.2) is 12.1 Å². The van der Waals surface area contributed by atoms with Crippen molar-refractivity contribution in [3.05, 3.63) is 18.0 Å². The summed E-state index contributed by atoms with van der Waals surface area (Å²) in [5.74, 6) is 4.65. The van der Waals surface area contributed by atoms with Crippen LogP contribution in [0.1, 0.15) is 30.6 Å². The highest BCUT2D eigenvalue weighted by molar-refractivity contribution is 7.99.